The highest BCUT2D eigenvalue weighted by Gasteiger charge is 2.39. The molecule has 4 bridgehead atoms. The van der Waals surface area contributed by atoms with Gasteiger partial charge in [0.25, 0.3) is 17.7 Å². The molecule has 2 fully saturated rings. The molecule has 4 aliphatic rings. The second kappa shape index (κ2) is 11.7. The highest BCUT2D eigenvalue weighted by molar-refractivity contribution is 5.97. The van der Waals surface area contributed by atoms with Gasteiger partial charge in [-0.15, -0.1) is 0 Å². The lowest BCUT2D eigenvalue weighted by Crippen LogP contribution is -2.45. The molecule has 2 N–H and O–H groups in total. The van der Waals surface area contributed by atoms with Crippen LogP contribution in [0.1, 0.15) is 50.5 Å². The van der Waals surface area contributed by atoms with Crippen molar-refractivity contribution < 1.29 is 28.6 Å². The van der Waals surface area contributed by atoms with E-state index >= 15 is 0 Å². The zero-order valence-electron chi connectivity index (χ0n) is 23.6. The van der Waals surface area contributed by atoms with Crippen molar-refractivity contribution in [3.05, 3.63) is 76.9 Å². The SMILES string of the molecule is Cc1ncnc(C)c1C(=O)N1C[C@@H]2NC(=O)c3cc(cc(OCC4CC4)c3)OCC(=O)NCc3ccc(cc3)O[C@H]2C1. The summed E-state index contributed by atoms with van der Waals surface area (Å²) in [6.45, 7) is 4.72. The third-order valence-electron chi connectivity index (χ3n) is 7.71. The summed E-state index contributed by atoms with van der Waals surface area (Å²) in [5, 5.41) is 5.92. The minimum atomic E-state index is -0.519. The first-order chi connectivity index (χ1) is 20.3. The van der Waals surface area contributed by atoms with Crippen LogP contribution in [0.25, 0.3) is 0 Å². The van der Waals surface area contributed by atoms with Crippen molar-refractivity contribution in [3.63, 3.8) is 0 Å². The van der Waals surface area contributed by atoms with Crippen molar-refractivity contribution in [1.29, 1.82) is 0 Å². The predicted molar refractivity (Wildman–Crippen MR) is 152 cm³/mol. The van der Waals surface area contributed by atoms with Gasteiger partial charge in [0.05, 0.1) is 36.1 Å². The first-order valence-corrected chi connectivity index (χ1v) is 14.1. The lowest BCUT2D eigenvalue weighted by atomic mass is 10.1. The van der Waals surface area contributed by atoms with Gasteiger partial charge in [0.15, 0.2) is 6.61 Å². The Morgan fingerprint density at radius 1 is 1.02 bits per heavy atom. The van der Waals surface area contributed by atoms with Gasteiger partial charge in [0.2, 0.25) is 0 Å². The van der Waals surface area contributed by atoms with Crippen molar-refractivity contribution in [2.24, 2.45) is 5.92 Å². The highest BCUT2D eigenvalue weighted by Crippen LogP contribution is 2.31. The molecule has 4 heterocycles. The molecule has 7 rings (SSSR count). The lowest BCUT2D eigenvalue weighted by molar-refractivity contribution is -0.123. The molecule has 3 amide bonds. The molecule has 2 aromatic carbocycles. The molecule has 2 atom stereocenters. The van der Waals surface area contributed by atoms with Gasteiger partial charge in [-0.25, -0.2) is 9.97 Å². The molecule has 1 aliphatic carbocycles. The summed E-state index contributed by atoms with van der Waals surface area (Å²) in [5.41, 5.74) is 2.85. The maximum absolute atomic E-state index is 13.6. The van der Waals surface area contributed by atoms with Gasteiger partial charge in [-0.1, -0.05) is 12.1 Å². The van der Waals surface area contributed by atoms with Crippen LogP contribution in [0.3, 0.4) is 0 Å². The van der Waals surface area contributed by atoms with Crippen molar-refractivity contribution in [2.75, 3.05) is 26.3 Å². The van der Waals surface area contributed by atoms with E-state index in [1.807, 2.05) is 24.3 Å². The maximum Gasteiger partial charge on any atom is 0.258 e. The molecule has 0 radical (unpaired) electrons. The van der Waals surface area contributed by atoms with Crippen LogP contribution in [0.4, 0.5) is 0 Å². The fourth-order valence-corrected chi connectivity index (χ4v) is 5.14. The molecule has 42 heavy (non-hydrogen) atoms. The second-order valence-electron chi connectivity index (χ2n) is 11.0. The third kappa shape index (κ3) is 6.29. The van der Waals surface area contributed by atoms with Gasteiger partial charge in [-0.05, 0) is 62.4 Å². The van der Waals surface area contributed by atoms with E-state index < -0.39 is 12.1 Å². The monoisotopic (exact) mass is 571 g/mol. The number of hydrogen-bond acceptors (Lipinski definition) is 8. The number of rotatable bonds is 4. The number of aromatic nitrogens is 2. The van der Waals surface area contributed by atoms with Crippen LogP contribution in [0.2, 0.25) is 0 Å². The normalized spacial score (nSPS) is 20.5. The molecule has 0 unspecified atom stereocenters. The largest absolute Gasteiger partial charge is 0.493 e. The first-order valence-electron chi connectivity index (χ1n) is 14.1. The molecule has 1 saturated carbocycles. The predicted octanol–water partition coefficient (Wildman–Crippen LogP) is 2.59. The van der Waals surface area contributed by atoms with Gasteiger partial charge in [0, 0.05) is 24.7 Å². The summed E-state index contributed by atoms with van der Waals surface area (Å²) in [5.74, 6) is 1.07. The van der Waals surface area contributed by atoms with E-state index in [0.717, 1.165) is 18.4 Å². The Bertz CT molecular complexity index is 1490. The summed E-state index contributed by atoms with van der Waals surface area (Å²) >= 11 is 0. The number of amides is 3. The Morgan fingerprint density at radius 3 is 2.52 bits per heavy atom. The standard InChI is InChI=1S/C31H33N5O6/c1-18-29(19(2)34-17-33-18)31(39)36-13-26-27(14-36)42-23-7-5-20(6-8-23)12-32-28(37)16-41-25-10-22(30(38)35-26)9-24(11-25)40-15-21-3-4-21/h5-11,17,21,26-27H,3-4,12-16H2,1-2H3,(H,32,37)(H,35,38)/t26-,27-/m0/s1. The fraction of sp³-hybridized carbons (Fsp3) is 0.387. The Balaban J connectivity index is 1.30. The van der Waals surface area contributed by atoms with Gasteiger partial charge in [0.1, 0.15) is 29.7 Å². The summed E-state index contributed by atoms with van der Waals surface area (Å²) in [4.78, 5) is 49.8. The molecule has 1 saturated heterocycles. The van der Waals surface area contributed by atoms with E-state index in [1.165, 1.54) is 6.33 Å². The van der Waals surface area contributed by atoms with Crippen LogP contribution >= 0.6 is 0 Å². The number of nitrogens with zero attached hydrogens (tertiary/aromatic N) is 3. The van der Waals surface area contributed by atoms with E-state index in [4.69, 9.17) is 14.2 Å². The molecule has 0 spiro atoms. The lowest BCUT2D eigenvalue weighted by Gasteiger charge is -2.21. The minimum Gasteiger partial charge on any atom is -0.493 e. The quantitative estimate of drug-likeness (QED) is 0.489. The number of carbonyl (C=O) groups excluding carboxylic acids is 3. The topological polar surface area (TPSA) is 132 Å². The van der Waals surface area contributed by atoms with Crippen LogP contribution in [-0.2, 0) is 11.3 Å². The highest BCUT2D eigenvalue weighted by atomic mass is 16.5. The van der Waals surface area contributed by atoms with Crippen LogP contribution in [0, 0.1) is 19.8 Å². The number of benzene rings is 2. The van der Waals surface area contributed by atoms with Crippen LogP contribution < -0.4 is 24.8 Å². The summed E-state index contributed by atoms with van der Waals surface area (Å²) < 4.78 is 18.1. The number of carbonyl (C=O) groups is 3. The summed E-state index contributed by atoms with van der Waals surface area (Å²) in [6, 6.07) is 11.8. The van der Waals surface area contributed by atoms with E-state index in [2.05, 4.69) is 20.6 Å². The smallest absolute Gasteiger partial charge is 0.258 e. The number of likely N-dealkylation sites (tertiary alicyclic amines) is 1. The van der Waals surface area contributed by atoms with Crippen LogP contribution in [-0.4, -0.2) is 71.0 Å². The van der Waals surface area contributed by atoms with Crippen molar-refractivity contribution >= 4 is 17.7 Å². The molecular formula is C31H33N5O6. The zero-order chi connectivity index (χ0) is 29.2. The van der Waals surface area contributed by atoms with E-state index in [9.17, 15) is 14.4 Å². The van der Waals surface area contributed by atoms with E-state index in [-0.39, 0.29) is 37.4 Å². The third-order valence-corrected chi connectivity index (χ3v) is 7.71. The second-order valence-corrected chi connectivity index (χ2v) is 11.0. The van der Waals surface area contributed by atoms with E-state index in [1.54, 1.807) is 36.9 Å². The number of fused-ring (bicyclic) bond motifs is 7. The molecule has 11 heteroatoms. The first kappa shape index (κ1) is 27.5. The van der Waals surface area contributed by atoms with Crippen LogP contribution in [0.15, 0.2) is 48.8 Å². The Kier molecular flexibility index (Phi) is 7.64. The Hall–Kier alpha value is -4.67. The summed E-state index contributed by atoms with van der Waals surface area (Å²) in [6.07, 6.45) is 3.17. The van der Waals surface area contributed by atoms with Crippen molar-refractivity contribution in [3.8, 4) is 17.2 Å². The van der Waals surface area contributed by atoms with Gasteiger partial charge in [-0.3, -0.25) is 14.4 Å². The fourth-order valence-electron chi connectivity index (χ4n) is 5.14. The molecule has 1 aromatic heterocycles. The van der Waals surface area contributed by atoms with Gasteiger partial charge >= 0.3 is 0 Å². The number of nitrogens with one attached hydrogen (secondary N) is 2. The number of hydrogen-bond donors (Lipinski definition) is 2. The van der Waals surface area contributed by atoms with Gasteiger partial charge < -0.3 is 29.7 Å². The molecule has 218 valence electrons. The van der Waals surface area contributed by atoms with Crippen molar-refractivity contribution in [1.82, 2.24) is 25.5 Å². The molecular weight excluding hydrogens is 538 g/mol. The van der Waals surface area contributed by atoms with Crippen LogP contribution in [0.5, 0.6) is 17.2 Å². The van der Waals surface area contributed by atoms with E-state index in [0.29, 0.717) is 58.8 Å². The maximum atomic E-state index is 13.6. The Labute approximate surface area is 243 Å². The average molecular weight is 572 g/mol. The zero-order valence-corrected chi connectivity index (χ0v) is 23.6. The van der Waals surface area contributed by atoms with Gasteiger partial charge in [-0.2, -0.15) is 0 Å². The summed E-state index contributed by atoms with van der Waals surface area (Å²) in [7, 11) is 0. The molecule has 3 aliphatic heterocycles. The molecule has 11 nitrogen and oxygen atoms in total. The number of ether oxygens (including phenoxy) is 3. The number of aryl methyl sites for hydroxylation is 2. The average Bonchev–Trinajstić information content (AvgIpc) is 3.73. The molecule has 3 aromatic rings. The minimum absolute atomic E-state index is 0.210. The Morgan fingerprint density at radius 2 is 1.79 bits per heavy atom. The van der Waals surface area contributed by atoms with Crippen molar-refractivity contribution in [2.45, 2.75) is 45.4 Å².